The second-order valence-corrected chi connectivity index (χ2v) is 4.12. The van der Waals surface area contributed by atoms with Crippen molar-refractivity contribution in [3.8, 4) is 11.5 Å². The van der Waals surface area contributed by atoms with E-state index in [2.05, 4.69) is 0 Å². The number of aryl methyl sites for hydroxylation is 1. The second-order valence-electron chi connectivity index (χ2n) is 4.12. The number of phenolic OH excluding ortho intramolecular Hbond substituents is 2. The number of hydrogen-bond acceptors (Lipinski definition) is 4. The second kappa shape index (κ2) is 4.13. The summed E-state index contributed by atoms with van der Waals surface area (Å²) in [6.07, 6.45) is 3.42. The Kier molecular flexibility index (Phi) is 2.79. The molecule has 1 aromatic rings. The summed E-state index contributed by atoms with van der Waals surface area (Å²) in [4.78, 5) is 11.0. The highest BCUT2D eigenvalue weighted by Gasteiger charge is 2.25. The number of benzene rings is 1. The Bertz CT molecular complexity index is 503. The van der Waals surface area contributed by atoms with E-state index in [-0.39, 0.29) is 11.5 Å². The summed E-state index contributed by atoms with van der Waals surface area (Å²) in [7, 11) is 0. The minimum absolute atomic E-state index is 0.0772. The van der Waals surface area contributed by atoms with Gasteiger partial charge in [0.1, 0.15) is 17.6 Å². The molecule has 2 N–H and O–H groups in total. The molecule has 1 aromatic carbocycles. The van der Waals surface area contributed by atoms with Gasteiger partial charge in [0.2, 0.25) is 0 Å². The van der Waals surface area contributed by atoms with E-state index in [1.54, 1.807) is 13.0 Å². The van der Waals surface area contributed by atoms with Gasteiger partial charge in [0.05, 0.1) is 0 Å². The quantitative estimate of drug-likeness (QED) is 0.443. The highest BCUT2D eigenvalue weighted by Crippen LogP contribution is 2.41. The third-order valence-electron chi connectivity index (χ3n) is 2.83. The minimum Gasteiger partial charge on any atom is -0.508 e. The molecule has 0 radical (unpaired) electrons. The lowest BCUT2D eigenvalue weighted by atomic mass is 9.91. The van der Waals surface area contributed by atoms with Gasteiger partial charge in [0, 0.05) is 18.1 Å². The van der Waals surface area contributed by atoms with Crippen LogP contribution in [-0.2, 0) is 16.0 Å². The molecule has 90 valence electrons. The lowest BCUT2D eigenvalue weighted by molar-refractivity contribution is -0.144. The molecule has 4 nitrogen and oxygen atoms in total. The van der Waals surface area contributed by atoms with E-state index in [0.717, 1.165) is 0 Å². The fourth-order valence-electron chi connectivity index (χ4n) is 2.06. The van der Waals surface area contributed by atoms with E-state index >= 15 is 0 Å². The van der Waals surface area contributed by atoms with Gasteiger partial charge in [0.25, 0.3) is 0 Å². The summed E-state index contributed by atoms with van der Waals surface area (Å²) in [5, 5.41) is 19.8. The summed E-state index contributed by atoms with van der Waals surface area (Å²) in [6, 6.07) is 1.51. The molecule has 0 spiro atoms. The van der Waals surface area contributed by atoms with Crippen molar-refractivity contribution in [2.75, 3.05) is 0 Å². The number of rotatable bonds is 1. The van der Waals surface area contributed by atoms with E-state index in [0.29, 0.717) is 23.1 Å². The summed E-state index contributed by atoms with van der Waals surface area (Å²) >= 11 is 0. The van der Waals surface area contributed by atoms with Crippen LogP contribution >= 0.6 is 0 Å². The van der Waals surface area contributed by atoms with Crippen LogP contribution in [0, 0.1) is 6.92 Å². The van der Waals surface area contributed by atoms with Gasteiger partial charge in [-0.15, -0.1) is 0 Å². The van der Waals surface area contributed by atoms with E-state index in [9.17, 15) is 15.0 Å². The van der Waals surface area contributed by atoms with Crippen LogP contribution in [0.4, 0.5) is 0 Å². The highest BCUT2D eigenvalue weighted by atomic mass is 16.5. The summed E-state index contributed by atoms with van der Waals surface area (Å²) < 4.78 is 5.11. The van der Waals surface area contributed by atoms with E-state index in [4.69, 9.17) is 4.74 Å². The Hall–Kier alpha value is -1.97. The maximum atomic E-state index is 11.0. The number of carbonyl (C=O) groups is 1. The smallest absolute Gasteiger partial charge is 0.303 e. The Labute approximate surface area is 99.2 Å². The lowest BCUT2D eigenvalue weighted by Crippen LogP contribution is -2.12. The van der Waals surface area contributed by atoms with Crippen molar-refractivity contribution in [1.29, 1.82) is 0 Å². The number of allylic oxidation sites excluding steroid dienone is 1. The topological polar surface area (TPSA) is 66.8 Å². The standard InChI is InChI=1S/C13H14O4/c1-7-6-10(15)9-4-3-5-11(17-8(2)14)12(9)13(7)16/h3,5-6,11,15-16H,4H2,1-2H3. The van der Waals surface area contributed by atoms with Gasteiger partial charge in [-0.2, -0.15) is 0 Å². The molecule has 0 aliphatic heterocycles. The zero-order valence-corrected chi connectivity index (χ0v) is 9.73. The lowest BCUT2D eigenvalue weighted by Gasteiger charge is -2.23. The first-order chi connectivity index (χ1) is 8.00. The molecule has 0 saturated heterocycles. The molecular formula is C13H14O4. The van der Waals surface area contributed by atoms with Gasteiger partial charge < -0.3 is 14.9 Å². The van der Waals surface area contributed by atoms with Crippen molar-refractivity contribution >= 4 is 5.97 Å². The van der Waals surface area contributed by atoms with Gasteiger partial charge in [-0.25, -0.2) is 0 Å². The van der Waals surface area contributed by atoms with Crippen molar-refractivity contribution < 1.29 is 19.7 Å². The largest absolute Gasteiger partial charge is 0.508 e. The van der Waals surface area contributed by atoms with E-state index in [1.165, 1.54) is 13.0 Å². The maximum absolute atomic E-state index is 11.0. The molecule has 4 heteroatoms. The van der Waals surface area contributed by atoms with Gasteiger partial charge in [-0.05, 0) is 31.1 Å². The third-order valence-corrected chi connectivity index (χ3v) is 2.83. The van der Waals surface area contributed by atoms with Crippen molar-refractivity contribution in [2.45, 2.75) is 26.4 Å². The zero-order valence-electron chi connectivity index (χ0n) is 9.73. The molecule has 0 heterocycles. The minimum atomic E-state index is -0.623. The van der Waals surface area contributed by atoms with Crippen molar-refractivity contribution in [3.05, 3.63) is 34.9 Å². The first-order valence-corrected chi connectivity index (χ1v) is 5.39. The first-order valence-electron chi connectivity index (χ1n) is 5.39. The fourth-order valence-corrected chi connectivity index (χ4v) is 2.06. The Morgan fingerprint density at radius 2 is 2.18 bits per heavy atom. The predicted octanol–water partition coefficient (Wildman–Crippen LogP) is 2.12. The maximum Gasteiger partial charge on any atom is 0.303 e. The molecule has 1 aliphatic carbocycles. The SMILES string of the molecule is CC(=O)OC1C=CCc2c(O)cc(C)c(O)c21. The first kappa shape index (κ1) is 11.5. The van der Waals surface area contributed by atoms with Crippen molar-refractivity contribution in [2.24, 2.45) is 0 Å². The number of esters is 1. The van der Waals surface area contributed by atoms with Crippen LogP contribution in [-0.4, -0.2) is 16.2 Å². The molecule has 1 aliphatic rings. The number of phenols is 2. The molecule has 1 atom stereocenters. The summed E-state index contributed by atoms with van der Waals surface area (Å²) in [6.45, 7) is 3.01. The van der Waals surface area contributed by atoms with E-state index in [1.807, 2.05) is 6.08 Å². The average Bonchev–Trinajstić information content (AvgIpc) is 2.25. The zero-order chi connectivity index (χ0) is 12.6. The van der Waals surface area contributed by atoms with Crippen LogP contribution in [0.25, 0.3) is 0 Å². The predicted molar refractivity (Wildman–Crippen MR) is 61.9 cm³/mol. The van der Waals surface area contributed by atoms with Crippen LogP contribution < -0.4 is 0 Å². The Morgan fingerprint density at radius 1 is 1.47 bits per heavy atom. The Balaban J connectivity index is 2.55. The number of carbonyl (C=O) groups excluding carboxylic acids is 1. The van der Waals surface area contributed by atoms with Crippen LogP contribution in [0.5, 0.6) is 11.5 Å². The summed E-state index contributed by atoms with van der Waals surface area (Å²) in [5.41, 5.74) is 1.66. The molecule has 0 amide bonds. The van der Waals surface area contributed by atoms with Crippen molar-refractivity contribution in [1.82, 2.24) is 0 Å². The van der Waals surface area contributed by atoms with Gasteiger partial charge >= 0.3 is 5.97 Å². The van der Waals surface area contributed by atoms with E-state index < -0.39 is 12.1 Å². The molecule has 1 unspecified atom stereocenters. The van der Waals surface area contributed by atoms with Gasteiger partial charge in [-0.3, -0.25) is 4.79 Å². The average molecular weight is 234 g/mol. The normalized spacial score (nSPS) is 17.6. The Morgan fingerprint density at radius 3 is 2.82 bits per heavy atom. The molecule has 0 fully saturated rings. The monoisotopic (exact) mass is 234 g/mol. The molecule has 0 aromatic heterocycles. The number of fused-ring (bicyclic) bond motifs is 1. The van der Waals surface area contributed by atoms with Gasteiger partial charge in [0.15, 0.2) is 0 Å². The van der Waals surface area contributed by atoms with Crippen LogP contribution in [0.15, 0.2) is 18.2 Å². The fraction of sp³-hybridized carbons (Fsp3) is 0.308. The summed E-state index contributed by atoms with van der Waals surface area (Å²) in [5.74, 6) is -0.224. The highest BCUT2D eigenvalue weighted by molar-refractivity contribution is 5.67. The van der Waals surface area contributed by atoms with Crippen LogP contribution in [0.1, 0.15) is 29.7 Å². The molecule has 0 bridgehead atoms. The molecule has 0 saturated carbocycles. The van der Waals surface area contributed by atoms with Crippen LogP contribution in [0.2, 0.25) is 0 Å². The number of aromatic hydroxyl groups is 2. The molecule has 2 rings (SSSR count). The number of ether oxygens (including phenoxy) is 1. The molecular weight excluding hydrogens is 220 g/mol. The molecule has 17 heavy (non-hydrogen) atoms. The third kappa shape index (κ3) is 1.98. The van der Waals surface area contributed by atoms with Crippen LogP contribution in [0.3, 0.4) is 0 Å². The van der Waals surface area contributed by atoms with Gasteiger partial charge in [-0.1, -0.05) is 6.08 Å². The van der Waals surface area contributed by atoms with Crippen molar-refractivity contribution in [3.63, 3.8) is 0 Å². The number of hydrogen-bond donors (Lipinski definition) is 2.